The van der Waals surface area contributed by atoms with Crippen LogP contribution in [0.4, 0.5) is 0 Å². The third-order valence-corrected chi connectivity index (χ3v) is 3.95. The second kappa shape index (κ2) is 5.17. The Morgan fingerprint density at radius 2 is 2.25 bits per heavy atom. The van der Waals surface area contributed by atoms with Gasteiger partial charge in [0.1, 0.15) is 11.1 Å². The fourth-order valence-electron chi connectivity index (χ4n) is 1.99. The lowest BCUT2D eigenvalue weighted by Gasteiger charge is -2.15. The highest BCUT2D eigenvalue weighted by Crippen LogP contribution is 2.32. The first-order chi connectivity index (χ1) is 7.13. The van der Waals surface area contributed by atoms with E-state index in [1.807, 2.05) is 13.8 Å². The van der Waals surface area contributed by atoms with Crippen LogP contribution in [-0.2, 0) is 9.59 Å². The molecule has 1 amide bonds. The number of amides is 1. The van der Waals surface area contributed by atoms with E-state index >= 15 is 0 Å². The minimum Gasteiger partial charge on any atom is -1.00 e. The fourth-order valence-corrected chi connectivity index (χ4v) is 3.32. The van der Waals surface area contributed by atoms with Crippen molar-refractivity contribution < 1.29 is 26.9 Å². The van der Waals surface area contributed by atoms with Gasteiger partial charge < -0.3 is 12.4 Å². The van der Waals surface area contributed by atoms with E-state index in [2.05, 4.69) is 0 Å². The van der Waals surface area contributed by atoms with Crippen molar-refractivity contribution in [3.8, 4) is 0 Å². The first-order valence-electron chi connectivity index (χ1n) is 5.14. The van der Waals surface area contributed by atoms with E-state index in [1.165, 1.54) is 0 Å². The zero-order valence-corrected chi connectivity index (χ0v) is 10.8. The highest BCUT2D eigenvalue weighted by Gasteiger charge is 2.39. The van der Waals surface area contributed by atoms with Gasteiger partial charge in [-0.05, 0) is 13.0 Å². The number of quaternary nitrogens is 1. The number of carbonyl (C=O) groups excluding carboxylic acids is 2. The van der Waals surface area contributed by atoms with Gasteiger partial charge in [0, 0.05) is 12.5 Å². The van der Waals surface area contributed by atoms with E-state index in [0.29, 0.717) is 12.8 Å². The van der Waals surface area contributed by atoms with Crippen LogP contribution in [-0.4, -0.2) is 17.1 Å². The molecule has 16 heavy (non-hydrogen) atoms. The lowest BCUT2D eigenvalue weighted by Crippen LogP contribution is -3.14. The fraction of sp³-hybridized carbons (Fsp3) is 0.455. The monoisotopic (exact) mass is 259 g/mol. The second-order valence-corrected chi connectivity index (χ2v) is 5.20. The van der Waals surface area contributed by atoms with Crippen molar-refractivity contribution in [3.05, 3.63) is 22.8 Å². The van der Waals surface area contributed by atoms with Gasteiger partial charge in [-0.1, -0.05) is 18.7 Å². The number of allylic oxidation sites excluding steroid dienone is 3. The third-order valence-electron chi connectivity index (χ3n) is 2.71. The lowest BCUT2D eigenvalue weighted by atomic mass is 10.1. The maximum absolute atomic E-state index is 11.8. The standard InChI is InChI=1S/C11H13NO2S.ClH/c1-3-11(14)12-7(2)15-10-6-8(13)4-5-9(10)12;/h4-5,7H,3,6H2,1-2H3;1H. The Labute approximate surface area is 105 Å². The van der Waals surface area contributed by atoms with Gasteiger partial charge in [-0.2, -0.15) is 0 Å². The van der Waals surface area contributed by atoms with E-state index in [1.54, 1.807) is 23.9 Å². The van der Waals surface area contributed by atoms with Crippen molar-refractivity contribution >= 4 is 23.5 Å². The predicted octanol–water partition coefficient (Wildman–Crippen LogP) is -2.35. The van der Waals surface area contributed by atoms with Gasteiger partial charge in [0.2, 0.25) is 0 Å². The molecular weight excluding hydrogens is 246 g/mol. The molecule has 0 aromatic heterocycles. The zero-order valence-electron chi connectivity index (χ0n) is 9.25. The van der Waals surface area contributed by atoms with Gasteiger partial charge >= 0.3 is 5.91 Å². The molecule has 0 fully saturated rings. The van der Waals surface area contributed by atoms with Crippen LogP contribution < -0.4 is 17.3 Å². The summed E-state index contributed by atoms with van der Waals surface area (Å²) in [5.41, 5.74) is 1.01. The van der Waals surface area contributed by atoms with Crippen LogP contribution in [0, 0.1) is 0 Å². The minimum atomic E-state index is 0. The summed E-state index contributed by atoms with van der Waals surface area (Å²) < 4.78 is 0. The van der Waals surface area contributed by atoms with E-state index in [4.69, 9.17) is 0 Å². The maximum Gasteiger partial charge on any atom is 0.317 e. The summed E-state index contributed by atoms with van der Waals surface area (Å²) >= 11 is 1.65. The molecule has 2 rings (SSSR count). The molecule has 1 aliphatic heterocycles. The average molecular weight is 260 g/mol. The molecule has 1 aliphatic carbocycles. The van der Waals surface area contributed by atoms with Gasteiger partial charge in [0.25, 0.3) is 0 Å². The van der Waals surface area contributed by atoms with Crippen molar-refractivity contribution in [2.75, 3.05) is 0 Å². The molecule has 3 nitrogen and oxygen atoms in total. The number of rotatable bonds is 1. The van der Waals surface area contributed by atoms with Crippen molar-refractivity contribution in [2.24, 2.45) is 0 Å². The van der Waals surface area contributed by atoms with E-state index in [0.717, 1.165) is 15.5 Å². The molecule has 0 spiro atoms. The molecule has 0 saturated heterocycles. The van der Waals surface area contributed by atoms with Crippen molar-refractivity contribution in [1.82, 2.24) is 0 Å². The van der Waals surface area contributed by atoms with Crippen LogP contribution in [0.5, 0.6) is 0 Å². The maximum atomic E-state index is 11.8. The number of hydrogen-bond donors (Lipinski definition) is 1. The van der Waals surface area contributed by atoms with Crippen LogP contribution >= 0.6 is 11.8 Å². The Kier molecular flexibility index (Phi) is 4.35. The first kappa shape index (κ1) is 13.5. The summed E-state index contributed by atoms with van der Waals surface area (Å²) in [6.07, 6.45) is 4.40. The van der Waals surface area contributed by atoms with Crippen LogP contribution in [0.1, 0.15) is 26.7 Å². The lowest BCUT2D eigenvalue weighted by molar-refractivity contribution is -0.782. The molecule has 2 atom stereocenters. The van der Waals surface area contributed by atoms with Gasteiger partial charge in [0.05, 0.1) is 11.3 Å². The number of carbonyl (C=O) groups is 2. The summed E-state index contributed by atoms with van der Waals surface area (Å²) in [4.78, 5) is 25.0. The molecule has 0 radical (unpaired) electrons. The molecule has 1 N–H and O–H groups in total. The quantitative estimate of drug-likeness (QED) is 0.573. The molecule has 0 aromatic carbocycles. The minimum absolute atomic E-state index is 0. The first-order valence-corrected chi connectivity index (χ1v) is 6.02. The van der Waals surface area contributed by atoms with Crippen molar-refractivity contribution in [2.45, 2.75) is 32.1 Å². The molecule has 2 aliphatic rings. The number of nitrogens with one attached hydrogen (secondary N) is 1. The molecule has 0 bridgehead atoms. The average Bonchev–Trinajstić information content (AvgIpc) is 2.52. The molecule has 2 unspecified atom stereocenters. The van der Waals surface area contributed by atoms with Gasteiger partial charge in [-0.3, -0.25) is 4.79 Å². The normalized spacial score (nSPS) is 27.8. The van der Waals surface area contributed by atoms with E-state index in [9.17, 15) is 9.59 Å². The highest BCUT2D eigenvalue weighted by atomic mass is 35.5. The number of thioether (sulfide) groups is 1. The Balaban J connectivity index is 0.00000128. The van der Waals surface area contributed by atoms with E-state index < -0.39 is 0 Å². The summed E-state index contributed by atoms with van der Waals surface area (Å²) in [5.74, 6) is 0.345. The summed E-state index contributed by atoms with van der Waals surface area (Å²) in [6, 6.07) is 0. The molecule has 88 valence electrons. The van der Waals surface area contributed by atoms with Gasteiger partial charge in [-0.25, -0.2) is 9.69 Å². The smallest absolute Gasteiger partial charge is 0.317 e. The van der Waals surface area contributed by atoms with Crippen LogP contribution in [0.2, 0.25) is 0 Å². The SMILES string of the molecule is CCC(=O)[NH+]1C2=C(CC(=O)C=C2)SC1C.[Cl-]. The van der Waals surface area contributed by atoms with E-state index in [-0.39, 0.29) is 29.5 Å². The molecular formula is C11H14ClNO2S. The topological polar surface area (TPSA) is 38.6 Å². The zero-order chi connectivity index (χ0) is 11.0. The Morgan fingerprint density at radius 1 is 1.56 bits per heavy atom. The highest BCUT2D eigenvalue weighted by molar-refractivity contribution is 8.03. The largest absolute Gasteiger partial charge is 1.00 e. The number of hydrogen-bond acceptors (Lipinski definition) is 3. The molecule has 0 saturated carbocycles. The number of halogens is 1. The summed E-state index contributed by atoms with van der Waals surface area (Å²) in [7, 11) is 0. The Morgan fingerprint density at radius 3 is 2.88 bits per heavy atom. The Bertz CT molecular complexity index is 389. The molecule has 0 aromatic rings. The summed E-state index contributed by atoms with van der Waals surface area (Å²) in [6.45, 7) is 3.91. The molecule has 5 heteroatoms. The van der Waals surface area contributed by atoms with Gasteiger partial charge in [0.15, 0.2) is 5.78 Å². The summed E-state index contributed by atoms with van der Waals surface area (Å²) in [5, 5.41) is 0.206. The second-order valence-electron chi connectivity index (χ2n) is 3.76. The van der Waals surface area contributed by atoms with Crippen LogP contribution in [0.15, 0.2) is 22.8 Å². The van der Waals surface area contributed by atoms with Crippen molar-refractivity contribution in [3.63, 3.8) is 0 Å². The third kappa shape index (κ3) is 2.24. The van der Waals surface area contributed by atoms with Crippen LogP contribution in [0.25, 0.3) is 0 Å². The molecule has 1 heterocycles. The Hall–Kier alpha value is -0.580. The van der Waals surface area contributed by atoms with Crippen LogP contribution in [0.3, 0.4) is 0 Å². The number of ketones is 1. The van der Waals surface area contributed by atoms with Crippen molar-refractivity contribution in [1.29, 1.82) is 0 Å². The predicted molar refractivity (Wildman–Crippen MR) is 59.1 cm³/mol. The van der Waals surface area contributed by atoms with Gasteiger partial charge in [-0.15, -0.1) is 0 Å².